The fourth-order valence-corrected chi connectivity index (χ4v) is 5.21. The average Bonchev–Trinajstić information content (AvgIpc) is 3.23. The molecule has 0 spiro atoms. The minimum absolute atomic E-state index is 0.0162. The van der Waals surface area contributed by atoms with Crippen LogP contribution in [0.25, 0.3) is 21.7 Å². The Morgan fingerprint density at radius 3 is 2.33 bits per heavy atom. The van der Waals surface area contributed by atoms with Crippen molar-refractivity contribution in [2.75, 3.05) is 0 Å². The first-order valence-corrected chi connectivity index (χ1v) is 12.2. The molecule has 0 bridgehead atoms. The molecule has 0 saturated heterocycles. The van der Waals surface area contributed by atoms with Crippen molar-refractivity contribution < 1.29 is 4.79 Å². The SMILES string of the molecule is N=C(N)c1ccc2cc(C(=O)NC3CCC(N)CC3)n(Cc3ccc(C(=N)N)c4ccccc34)c2c1. The van der Waals surface area contributed by atoms with Crippen LogP contribution in [0.3, 0.4) is 0 Å². The summed E-state index contributed by atoms with van der Waals surface area (Å²) >= 11 is 0. The van der Waals surface area contributed by atoms with E-state index in [1.54, 1.807) is 6.07 Å². The Morgan fingerprint density at radius 2 is 1.64 bits per heavy atom. The van der Waals surface area contributed by atoms with E-state index in [2.05, 4.69) is 5.32 Å². The second kappa shape index (κ2) is 9.47. The molecule has 0 aliphatic heterocycles. The first-order valence-electron chi connectivity index (χ1n) is 12.2. The number of nitrogen functional groups attached to an aromatic ring is 2. The molecule has 0 atom stereocenters. The first kappa shape index (κ1) is 23.6. The van der Waals surface area contributed by atoms with Crippen LogP contribution in [0.4, 0.5) is 0 Å². The van der Waals surface area contributed by atoms with Crippen LogP contribution < -0.4 is 22.5 Å². The quantitative estimate of drug-likeness (QED) is 0.184. The van der Waals surface area contributed by atoms with E-state index in [1.807, 2.05) is 59.2 Å². The molecule has 4 aromatic rings. The summed E-state index contributed by atoms with van der Waals surface area (Å²) in [5, 5.41) is 21.8. The van der Waals surface area contributed by atoms with E-state index in [-0.39, 0.29) is 29.7 Å². The molecule has 0 unspecified atom stereocenters. The summed E-state index contributed by atoms with van der Waals surface area (Å²) in [5.41, 5.74) is 21.3. The Kier molecular flexibility index (Phi) is 6.20. The zero-order valence-corrected chi connectivity index (χ0v) is 20.1. The van der Waals surface area contributed by atoms with Crippen LogP contribution in [0.2, 0.25) is 0 Å². The molecular formula is C28H31N7O. The summed E-state index contributed by atoms with van der Waals surface area (Å²) in [6.07, 6.45) is 3.56. The van der Waals surface area contributed by atoms with Crippen LogP contribution in [0.1, 0.15) is 52.9 Å². The molecule has 1 amide bonds. The number of carbonyl (C=O) groups is 1. The van der Waals surface area contributed by atoms with Gasteiger partial charge in [0.15, 0.2) is 0 Å². The summed E-state index contributed by atoms with van der Waals surface area (Å²) < 4.78 is 1.99. The molecule has 1 aromatic heterocycles. The van der Waals surface area contributed by atoms with Gasteiger partial charge in [0.05, 0.1) is 0 Å². The Morgan fingerprint density at radius 1 is 0.917 bits per heavy atom. The maximum atomic E-state index is 13.5. The van der Waals surface area contributed by atoms with Gasteiger partial charge in [-0.15, -0.1) is 0 Å². The summed E-state index contributed by atoms with van der Waals surface area (Å²) in [6, 6.07) is 19.4. The van der Waals surface area contributed by atoms with E-state index in [0.29, 0.717) is 23.4 Å². The van der Waals surface area contributed by atoms with Gasteiger partial charge in [0.2, 0.25) is 0 Å². The lowest BCUT2D eigenvalue weighted by Gasteiger charge is -2.27. The smallest absolute Gasteiger partial charge is 0.268 e. The van der Waals surface area contributed by atoms with Gasteiger partial charge in [0, 0.05) is 40.7 Å². The van der Waals surface area contributed by atoms with E-state index in [9.17, 15) is 4.79 Å². The number of nitrogens with one attached hydrogen (secondary N) is 3. The van der Waals surface area contributed by atoms with Crippen molar-refractivity contribution in [3.8, 4) is 0 Å². The van der Waals surface area contributed by atoms with Crippen molar-refractivity contribution in [3.63, 3.8) is 0 Å². The highest BCUT2D eigenvalue weighted by Gasteiger charge is 2.23. The van der Waals surface area contributed by atoms with Crippen LogP contribution in [-0.4, -0.2) is 34.2 Å². The molecule has 1 saturated carbocycles. The number of hydrogen-bond acceptors (Lipinski definition) is 4. The van der Waals surface area contributed by atoms with Gasteiger partial charge in [-0.25, -0.2) is 0 Å². The van der Waals surface area contributed by atoms with Crippen LogP contribution in [0.5, 0.6) is 0 Å². The van der Waals surface area contributed by atoms with E-state index < -0.39 is 0 Å². The van der Waals surface area contributed by atoms with Crippen LogP contribution >= 0.6 is 0 Å². The van der Waals surface area contributed by atoms with E-state index >= 15 is 0 Å². The fraction of sp³-hybridized carbons (Fsp3) is 0.250. The van der Waals surface area contributed by atoms with Gasteiger partial charge in [0.25, 0.3) is 5.91 Å². The van der Waals surface area contributed by atoms with Gasteiger partial charge < -0.3 is 27.1 Å². The highest BCUT2D eigenvalue weighted by Crippen LogP contribution is 2.28. The largest absolute Gasteiger partial charge is 0.384 e. The molecule has 184 valence electrons. The van der Waals surface area contributed by atoms with Crippen molar-refractivity contribution in [1.82, 2.24) is 9.88 Å². The molecule has 1 heterocycles. The summed E-state index contributed by atoms with van der Waals surface area (Å²) in [7, 11) is 0. The molecule has 8 heteroatoms. The molecule has 9 N–H and O–H groups in total. The fourth-order valence-electron chi connectivity index (χ4n) is 5.21. The second-order valence-electron chi connectivity index (χ2n) is 9.62. The number of nitrogens with zero attached hydrogens (tertiary/aromatic N) is 1. The normalized spacial score (nSPS) is 17.8. The molecule has 1 fully saturated rings. The Hall–Kier alpha value is -4.17. The van der Waals surface area contributed by atoms with Crippen molar-refractivity contribution in [2.24, 2.45) is 17.2 Å². The Bertz CT molecular complexity index is 1490. The average molecular weight is 482 g/mol. The topological polar surface area (TPSA) is 160 Å². The molecule has 0 radical (unpaired) electrons. The van der Waals surface area contributed by atoms with Crippen molar-refractivity contribution in [1.29, 1.82) is 10.8 Å². The third-order valence-corrected chi connectivity index (χ3v) is 7.19. The van der Waals surface area contributed by atoms with Crippen molar-refractivity contribution in [3.05, 3.63) is 83.0 Å². The molecule has 3 aromatic carbocycles. The third kappa shape index (κ3) is 4.43. The molecule has 36 heavy (non-hydrogen) atoms. The van der Waals surface area contributed by atoms with E-state index in [1.165, 1.54) is 0 Å². The number of amides is 1. The summed E-state index contributed by atoms with van der Waals surface area (Å²) in [4.78, 5) is 13.5. The zero-order chi connectivity index (χ0) is 25.4. The Balaban J connectivity index is 1.60. The number of fused-ring (bicyclic) bond motifs is 2. The summed E-state index contributed by atoms with van der Waals surface area (Å²) in [6.45, 7) is 0.432. The van der Waals surface area contributed by atoms with Crippen LogP contribution in [-0.2, 0) is 6.54 Å². The lowest BCUT2D eigenvalue weighted by molar-refractivity contribution is 0.0917. The van der Waals surface area contributed by atoms with Crippen LogP contribution in [0.15, 0.2) is 60.7 Å². The number of rotatable bonds is 6. The number of benzene rings is 3. The third-order valence-electron chi connectivity index (χ3n) is 7.19. The predicted molar refractivity (Wildman–Crippen MR) is 145 cm³/mol. The maximum Gasteiger partial charge on any atom is 0.268 e. The Labute approximate surface area is 209 Å². The van der Waals surface area contributed by atoms with Gasteiger partial charge in [-0.05, 0) is 54.2 Å². The van der Waals surface area contributed by atoms with Gasteiger partial charge >= 0.3 is 0 Å². The molecule has 8 nitrogen and oxygen atoms in total. The zero-order valence-electron chi connectivity index (χ0n) is 20.1. The molecule has 5 rings (SSSR count). The molecule has 1 aliphatic carbocycles. The summed E-state index contributed by atoms with van der Waals surface area (Å²) in [5.74, 6) is -0.131. The van der Waals surface area contributed by atoms with Crippen molar-refractivity contribution >= 4 is 39.3 Å². The van der Waals surface area contributed by atoms with Gasteiger partial charge in [-0.3, -0.25) is 15.6 Å². The minimum Gasteiger partial charge on any atom is -0.384 e. The second-order valence-corrected chi connectivity index (χ2v) is 9.62. The van der Waals surface area contributed by atoms with Gasteiger partial charge in [0.1, 0.15) is 17.4 Å². The maximum absolute atomic E-state index is 13.5. The lowest BCUT2D eigenvalue weighted by Crippen LogP contribution is -2.41. The van der Waals surface area contributed by atoms with Crippen LogP contribution in [0, 0.1) is 10.8 Å². The first-order chi connectivity index (χ1) is 17.3. The van der Waals surface area contributed by atoms with Crippen molar-refractivity contribution in [2.45, 2.75) is 44.3 Å². The van der Waals surface area contributed by atoms with E-state index in [0.717, 1.165) is 52.9 Å². The van der Waals surface area contributed by atoms with Gasteiger partial charge in [-0.2, -0.15) is 0 Å². The van der Waals surface area contributed by atoms with Gasteiger partial charge in [-0.1, -0.05) is 48.5 Å². The minimum atomic E-state index is -0.124. The molecular weight excluding hydrogens is 450 g/mol. The highest BCUT2D eigenvalue weighted by atomic mass is 16.2. The number of nitrogens with two attached hydrogens (primary N) is 3. The lowest BCUT2D eigenvalue weighted by atomic mass is 9.92. The standard InChI is InChI=1S/C28H31N7O/c29-19-8-10-20(11-9-19)34-28(36)25-13-16-5-6-17(26(30)31)14-24(16)35(25)15-18-7-12-23(27(32)33)22-4-2-1-3-21(18)22/h1-7,12-14,19-20H,8-11,15,29H2,(H3,30,31)(H3,32,33)(H,34,36). The predicted octanol–water partition coefficient (Wildman–Crippen LogP) is 3.41. The number of amidine groups is 2. The monoisotopic (exact) mass is 481 g/mol. The number of aromatic nitrogens is 1. The number of carbonyl (C=O) groups excluding carboxylic acids is 1. The highest BCUT2D eigenvalue weighted by molar-refractivity contribution is 6.08. The number of hydrogen-bond donors (Lipinski definition) is 6. The van der Waals surface area contributed by atoms with E-state index in [4.69, 9.17) is 28.0 Å². The molecule has 1 aliphatic rings.